The van der Waals surface area contributed by atoms with Crippen LogP contribution in [0, 0.1) is 6.92 Å². The highest BCUT2D eigenvalue weighted by molar-refractivity contribution is 7.25. The summed E-state index contributed by atoms with van der Waals surface area (Å²) < 4.78 is 9.56. The average molecular weight is 622 g/mol. The van der Waals surface area contributed by atoms with Gasteiger partial charge in [-0.15, -0.1) is 11.3 Å². The fourth-order valence-corrected chi connectivity index (χ4v) is 9.30. The summed E-state index contributed by atoms with van der Waals surface area (Å²) in [6, 6.07) is 22.6. The summed E-state index contributed by atoms with van der Waals surface area (Å²) in [5.74, 6) is 1.62. The molecule has 0 bridgehead atoms. The number of allylic oxidation sites excluding steroid dienone is 1. The van der Waals surface area contributed by atoms with Gasteiger partial charge in [-0.2, -0.15) is 9.67 Å². The third-order valence-corrected chi connectivity index (χ3v) is 11.3. The van der Waals surface area contributed by atoms with E-state index in [1.165, 1.54) is 48.1 Å². The molecular weight excluding hydrogens is 587 g/mol. The van der Waals surface area contributed by atoms with Crippen LogP contribution < -0.4 is 9.13 Å². The van der Waals surface area contributed by atoms with Gasteiger partial charge in [-0.3, -0.25) is 0 Å². The topological polar surface area (TPSA) is 64.2 Å². The van der Waals surface area contributed by atoms with Crippen molar-refractivity contribution in [2.24, 2.45) is 0 Å². The van der Waals surface area contributed by atoms with E-state index in [1.54, 1.807) is 6.20 Å². The number of hydrogen-bond donors (Lipinski definition) is 0. The molecule has 7 nitrogen and oxygen atoms in total. The van der Waals surface area contributed by atoms with Crippen LogP contribution in [0.3, 0.4) is 0 Å². The zero-order chi connectivity index (χ0) is 31.2. The lowest BCUT2D eigenvalue weighted by Gasteiger charge is -2.31. The standard InChI is InChI=1S/C38H35N7S/c1-5-10-24-12-13-25-27-20-28-26(21-34(27)46-33(25)19-24)31-15-14-30-36(40-17-16-39-30)45(31)35(28)29-22-44-37(41-23(4)42-44)32-11-8-9-18-43(32)38(29,6-2)7-3/h8-9,11-22,35H,5-7,10H2,1-4H3/q+2. The minimum atomic E-state index is -0.339. The van der Waals surface area contributed by atoms with Crippen LogP contribution in [-0.2, 0) is 12.0 Å². The Morgan fingerprint density at radius 3 is 2.59 bits per heavy atom. The van der Waals surface area contributed by atoms with Crippen LogP contribution in [-0.4, -0.2) is 24.7 Å². The van der Waals surface area contributed by atoms with Crippen LogP contribution in [0.15, 0.2) is 84.8 Å². The van der Waals surface area contributed by atoms with Crippen LogP contribution >= 0.6 is 11.3 Å². The molecule has 5 aromatic heterocycles. The van der Waals surface area contributed by atoms with E-state index < -0.39 is 0 Å². The van der Waals surface area contributed by atoms with E-state index in [2.05, 4.69) is 103 Å². The lowest BCUT2D eigenvalue weighted by Crippen LogP contribution is -2.60. The number of aromatic nitrogens is 7. The van der Waals surface area contributed by atoms with Gasteiger partial charge in [0, 0.05) is 62.5 Å². The predicted molar refractivity (Wildman–Crippen MR) is 183 cm³/mol. The van der Waals surface area contributed by atoms with Gasteiger partial charge in [-0.25, -0.2) is 19.2 Å². The Balaban J connectivity index is 1.40. The lowest BCUT2D eigenvalue weighted by molar-refractivity contribution is -0.754. The molecule has 7 aromatic rings. The van der Waals surface area contributed by atoms with Gasteiger partial charge < -0.3 is 0 Å². The van der Waals surface area contributed by atoms with Crippen molar-refractivity contribution in [2.45, 2.75) is 65.0 Å². The van der Waals surface area contributed by atoms with Crippen molar-refractivity contribution in [3.05, 3.63) is 102 Å². The molecule has 7 heterocycles. The number of benzene rings is 2. The van der Waals surface area contributed by atoms with Crippen molar-refractivity contribution in [3.8, 4) is 22.8 Å². The molecule has 0 amide bonds. The summed E-state index contributed by atoms with van der Waals surface area (Å²) in [5.41, 5.74) is 8.90. The molecule has 8 heteroatoms. The van der Waals surface area contributed by atoms with Gasteiger partial charge in [0.15, 0.2) is 29.5 Å². The predicted octanol–water partition coefficient (Wildman–Crippen LogP) is 7.73. The van der Waals surface area contributed by atoms with E-state index in [0.717, 1.165) is 54.2 Å². The van der Waals surface area contributed by atoms with Crippen molar-refractivity contribution in [2.75, 3.05) is 0 Å². The van der Waals surface area contributed by atoms with Crippen LogP contribution in [0.25, 0.3) is 60.3 Å². The third kappa shape index (κ3) is 3.70. The average Bonchev–Trinajstić information content (AvgIpc) is 3.72. The van der Waals surface area contributed by atoms with Crippen LogP contribution in [0.2, 0.25) is 0 Å². The first-order valence-electron chi connectivity index (χ1n) is 16.4. The first-order valence-corrected chi connectivity index (χ1v) is 17.2. The quantitative estimate of drug-likeness (QED) is 0.185. The summed E-state index contributed by atoms with van der Waals surface area (Å²) in [6.07, 6.45) is 12.2. The van der Waals surface area contributed by atoms with Gasteiger partial charge in [0.1, 0.15) is 11.5 Å². The normalized spacial score (nSPS) is 16.3. The zero-order valence-electron chi connectivity index (χ0n) is 26.5. The summed E-state index contributed by atoms with van der Waals surface area (Å²) >= 11 is 1.90. The zero-order valence-corrected chi connectivity index (χ0v) is 27.3. The highest BCUT2D eigenvalue weighted by atomic mass is 32.1. The van der Waals surface area contributed by atoms with Crippen molar-refractivity contribution in [1.29, 1.82) is 0 Å². The summed E-state index contributed by atoms with van der Waals surface area (Å²) in [7, 11) is 0. The second kappa shape index (κ2) is 10.1. The van der Waals surface area contributed by atoms with Crippen molar-refractivity contribution in [1.82, 2.24) is 24.7 Å². The highest BCUT2D eigenvalue weighted by Crippen LogP contribution is 2.49. The summed E-state index contributed by atoms with van der Waals surface area (Å²) in [5, 5.41) is 7.57. The Morgan fingerprint density at radius 2 is 1.74 bits per heavy atom. The summed E-state index contributed by atoms with van der Waals surface area (Å²) in [4.78, 5) is 14.6. The third-order valence-electron chi connectivity index (χ3n) is 10.2. The molecule has 2 aliphatic rings. The molecule has 0 aliphatic carbocycles. The van der Waals surface area contributed by atoms with Crippen LogP contribution in [0.4, 0.5) is 0 Å². The van der Waals surface area contributed by atoms with Gasteiger partial charge in [-0.05, 0) is 60.3 Å². The van der Waals surface area contributed by atoms with E-state index in [9.17, 15) is 0 Å². The Bertz CT molecular complexity index is 2390. The largest absolute Gasteiger partial charge is 0.350 e. The van der Waals surface area contributed by atoms with Crippen molar-refractivity contribution < 1.29 is 9.13 Å². The second-order valence-electron chi connectivity index (χ2n) is 12.6. The fourth-order valence-electron chi connectivity index (χ4n) is 8.11. The smallest absolute Gasteiger partial charge is 0.244 e. The number of pyridine rings is 2. The van der Waals surface area contributed by atoms with E-state index >= 15 is 0 Å². The molecule has 0 saturated heterocycles. The minimum absolute atomic E-state index is 0.125. The Kier molecular flexibility index (Phi) is 6.03. The van der Waals surface area contributed by atoms with Crippen molar-refractivity contribution in [3.63, 3.8) is 0 Å². The van der Waals surface area contributed by atoms with E-state index in [0.29, 0.717) is 0 Å². The number of aryl methyl sites for hydroxylation is 2. The molecule has 0 radical (unpaired) electrons. The van der Waals surface area contributed by atoms with Crippen molar-refractivity contribution >= 4 is 48.9 Å². The number of thiophene rings is 1. The van der Waals surface area contributed by atoms with E-state index in [1.807, 2.05) is 29.1 Å². The van der Waals surface area contributed by atoms with E-state index in [4.69, 9.17) is 20.1 Å². The number of hydrogen-bond acceptors (Lipinski definition) is 5. The Morgan fingerprint density at radius 1 is 0.891 bits per heavy atom. The first-order chi connectivity index (χ1) is 22.5. The fraction of sp³-hybridized carbons (Fsp3) is 0.263. The maximum Gasteiger partial charge on any atom is 0.350 e. The molecule has 46 heavy (non-hydrogen) atoms. The number of nitrogens with zero attached hydrogens (tertiary/aromatic N) is 7. The molecular formula is C38H35N7S+2. The first kappa shape index (κ1) is 27.5. The molecule has 0 N–H and O–H groups in total. The number of rotatable bonds is 5. The Labute approximate surface area is 271 Å². The number of fused-ring (bicyclic) bond motifs is 11. The molecule has 226 valence electrons. The molecule has 2 aliphatic heterocycles. The Hall–Kier alpha value is -4.82. The lowest BCUT2D eigenvalue weighted by atomic mass is 9.78. The van der Waals surface area contributed by atoms with Gasteiger partial charge in [0.25, 0.3) is 5.69 Å². The van der Waals surface area contributed by atoms with Gasteiger partial charge in [-0.1, -0.05) is 39.3 Å². The monoisotopic (exact) mass is 621 g/mol. The van der Waals surface area contributed by atoms with E-state index in [-0.39, 0.29) is 11.6 Å². The SMILES string of the molecule is CCCc1ccc2c(c1)sc1cc3c(cc12)C(C1=Cn2nc(C)nc2-c2cccc[n+]2C1(CC)CC)[n+]1c-3ccc2nccnc21. The maximum absolute atomic E-state index is 4.97. The maximum atomic E-state index is 4.97. The second-order valence-corrected chi connectivity index (χ2v) is 13.7. The minimum Gasteiger partial charge on any atom is -0.244 e. The molecule has 2 aromatic carbocycles. The van der Waals surface area contributed by atoms with Gasteiger partial charge >= 0.3 is 5.65 Å². The van der Waals surface area contributed by atoms with Crippen LogP contribution in [0.5, 0.6) is 0 Å². The molecule has 1 atom stereocenters. The highest BCUT2D eigenvalue weighted by Gasteiger charge is 2.53. The molecule has 9 rings (SSSR count). The summed E-state index contributed by atoms with van der Waals surface area (Å²) in [6.45, 7) is 8.83. The molecule has 0 saturated carbocycles. The molecule has 0 spiro atoms. The van der Waals surface area contributed by atoms with Gasteiger partial charge in [0.05, 0.1) is 11.8 Å². The van der Waals surface area contributed by atoms with Crippen LogP contribution in [0.1, 0.15) is 63.0 Å². The molecule has 1 unspecified atom stereocenters. The molecule has 0 fully saturated rings. The van der Waals surface area contributed by atoms with Gasteiger partial charge in [0.2, 0.25) is 5.82 Å².